The van der Waals surface area contributed by atoms with Crippen molar-refractivity contribution in [3.63, 3.8) is 0 Å². The number of carbonyl (C=O) groups is 1. The molecule has 8 heteroatoms. The molecule has 4 aromatic rings. The number of hydrogen-bond donors (Lipinski definition) is 2. The van der Waals surface area contributed by atoms with E-state index in [1.54, 1.807) is 17.6 Å². The molecule has 2 aliphatic heterocycles. The molecule has 0 unspecified atom stereocenters. The van der Waals surface area contributed by atoms with Crippen LogP contribution in [0.5, 0.6) is 0 Å². The Hall–Kier alpha value is -3.68. The van der Waals surface area contributed by atoms with Crippen LogP contribution in [-0.2, 0) is 34.8 Å². The first-order chi connectivity index (χ1) is 16.9. The monoisotopic (exact) mass is 487 g/mol. The highest BCUT2D eigenvalue weighted by Gasteiger charge is 2.45. The lowest BCUT2D eigenvalue weighted by molar-refractivity contribution is -0.172. The second kappa shape index (κ2) is 7.93. The summed E-state index contributed by atoms with van der Waals surface area (Å²) in [5.74, 6) is -0.729. The number of nitrogens with zero attached hydrogens (tertiary/aromatic N) is 2. The molecule has 0 bridgehead atoms. The van der Waals surface area contributed by atoms with Gasteiger partial charge >= 0.3 is 5.97 Å². The van der Waals surface area contributed by atoms with Crippen LogP contribution >= 0.6 is 11.6 Å². The maximum absolute atomic E-state index is 13.5. The standard InChI is InChI=1S/C27H22ClN3O4/c1-2-27(34)21-11-23-24-19(13-31(23)25(32)20(21)14-35-26(27)33)18(17-8-3-4-9-22(17)30-24)12-29-16-7-5-6-15(28)10-16/h3-11,29,34H,2,12-14H2,1H3/t27-/m0/s1. The van der Waals surface area contributed by atoms with E-state index in [2.05, 4.69) is 5.32 Å². The number of aliphatic hydroxyl groups is 1. The molecule has 7 nitrogen and oxygen atoms in total. The maximum Gasteiger partial charge on any atom is 0.343 e. The van der Waals surface area contributed by atoms with Gasteiger partial charge in [-0.2, -0.15) is 0 Å². The van der Waals surface area contributed by atoms with Gasteiger partial charge in [-0.15, -0.1) is 0 Å². The minimum Gasteiger partial charge on any atom is -0.458 e. The molecule has 2 N–H and O–H groups in total. The van der Waals surface area contributed by atoms with Crippen LogP contribution in [0.3, 0.4) is 0 Å². The molecule has 2 aromatic heterocycles. The molecule has 176 valence electrons. The first-order valence-electron chi connectivity index (χ1n) is 11.5. The van der Waals surface area contributed by atoms with E-state index in [1.165, 1.54) is 0 Å². The molecule has 0 amide bonds. The molecule has 0 saturated carbocycles. The zero-order valence-corrected chi connectivity index (χ0v) is 19.7. The Morgan fingerprint density at radius 2 is 1.97 bits per heavy atom. The Balaban J connectivity index is 1.54. The number of para-hydroxylation sites is 1. The van der Waals surface area contributed by atoms with Crippen LogP contribution in [0.4, 0.5) is 5.69 Å². The summed E-state index contributed by atoms with van der Waals surface area (Å²) in [5, 5.41) is 16.2. The van der Waals surface area contributed by atoms with Crippen molar-refractivity contribution in [1.29, 1.82) is 0 Å². The van der Waals surface area contributed by atoms with Crippen molar-refractivity contribution in [3.8, 4) is 11.4 Å². The van der Waals surface area contributed by atoms with Crippen molar-refractivity contribution in [2.24, 2.45) is 0 Å². The first kappa shape index (κ1) is 21.8. The number of rotatable bonds is 4. The minimum atomic E-state index is -1.85. The van der Waals surface area contributed by atoms with Gasteiger partial charge in [0.1, 0.15) is 6.61 Å². The van der Waals surface area contributed by atoms with Crippen molar-refractivity contribution in [2.45, 2.75) is 38.6 Å². The minimum absolute atomic E-state index is 0.106. The Kier molecular flexibility index (Phi) is 4.95. The molecule has 0 spiro atoms. The highest BCUT2D eigenvalue weighted by molar-refractivity contribution is 6.30. The molecule has 4 heterocycles. The van der Waals surface area contributed by atoms with E-state index < -0.39 is 11.6 Å². The summed E-state index contributed by atoms with van der Waals surface area (Å²) >= 11 is 6.16. The predicted octanol–water partition coefficient (Wildman–Crippen LogP) is 4.35. The predicted molar refractivity (Wildman–Crippen MR) is 133 cm³/mol. The zero-order chi connectivity index (χ0) is 24.3. The first-order valence-corrected chi connectivity index (χ1v) is 11.9. The number of pyridine rings is 2. The number of halogens is 1. The summed E-state index contributed by atoms with van der Waals surface area (Å²) < 4.78 is 6.83. The fraction of sp³-hybridized carbons (Fsp3) is 0.222. The van der Waals surface area contributed by atoms with Crippen LogP contribution in [0, 0.1) is 0 Å². The van der Waals surface area contributed by atoms with E-state index in [0.717, 1.165) is 27.7 Å². The summed E-state index contributed by atoms with van der Waals surface area (Å²) in [7, 11) is 0. The number of benzene rings is 2. The molecule has 0 radical (unpaired) electrons. The Labute approximate surface area is 206 Å². The van der Waals surface area contributed by atoms with Gasteiger partial charge in [-0.1, -0.05) is 42.8 Å². The molecule has 6 rings (SSSR count). The second-order valence-electron chi connectivity index (χ2n) is 8.90. The highest BCUT2D eigenvalue weighted by Crippen LogP contribution is 2.40. The van der Waals surface area contributed by atoms with Gasteiger partial charge in [-0.3, -0.25) is 4.79 Å². The summed E-state index contributed by atoms with van der Waals surface area (Å²) in [6, 6.07) is 17.1. The van der Waals surface area contributed by atoms with E-state index >= 15 is 0 Å². The van der Waals surface area contributed by atoms with Gasteiger partial charge in [0.05, 0.1) is 29.0 Å². The molecular formula is C27H22ClN3O4. The Morgan fingerprint density at radius 3 is 2.77 bits per heavy atom. The molecule has 35 heavy (non-hydrogen) atoms. The number of ether oxygens (including phenoxy) is 1. The SMILES string of the molecule is CC[C@@]1(O)C(=O)OCc2c1cc1n(c2=O)Cc2c-1nc1ccccc1c2CNc1cccc(Cl)c1. The summed E-state index contributed by atoms with van der Waals surface area (Å²) in [5.41, 5.74) is 3.45. The van der Waals surface area contributed by atoms with Gasteiger partial charge in [0.15, 0.2) is 5.60 Å². The van der Waals surface area contributed by atoms with Crippen LogP contribution in [-0.4, -0.2) is 20.6 Å². The largest absolute Gasteiger partial charge is 0.458 e. The van der Waals surface area contributed by atoms with Crippen molar-refractivity contribution >= 4 is 34.2 Å². The van der Waals surface area contributed by atoms with Crippen molar-refractivity contribution in [2.75, 3.05) is 5.32 Å². The van der Waals surface area contributed by atoms with Crippen molar-refractivity contribution < 1.29 is 14.6 Å². The molecule has 1 atom stereocenters. The van der Waals surface area contributed by atoms with Crippen LogP contribution in [0.2, 0.25) is 5.02 Å². The summed E-state index contributed by atoms with van der Waals surface area (Å²) in [6.07, 6.45) is 0.106. The number of anilines is 1. The molecular weight excluding hydrogens is 466 g/mol. The number of nitrogens with one attached hydrogen (secondary N) is 1. The molecule has 2 aliphatic rings. The number of cyclic esters (lactones) is 1. The van der Waals surface area contributed by atoms with E-state index in [1.807, 2.05) is 48.5 Å². The number of fused-ring (bicyclic) bond motifs is 5. The number of hydrogen-bond acceptors (Lipinski definition) is 6. The molecule has 0 fully saturated rings. The van der Waals surface area contributed by atoms with Crippen LogP contribution in [0.1, 0.15) is 35.6 Å². The number of esters is 1. The number of aromatic nitrogens is 2. The van der Waals surface area contributed by atoms with Gasteiger partial charge in [0, 0.05) is 33.8 Å². The third-order valence-corrected chi connectivity index (χ3v) is 7.24. The average Bonchev–Trinajstić information content (AvgIpc) is 3.23. The molecule has 0 saturated heterocycles. The van der Waals surface area contributed by atoms with Gasteiger partial charge in [-0.05, 0) is 42.3 Å². The third kappa shape index (κ3) is 3.26. The lowest BCUT2D eigenvalue weighted by Crippen LogP contribution is -2.44. The smallest absolute Gasteiger partial charge is 0.343 e. The maximum atomic E-state index is 13.5. The van der Waals surface area contributed by atoms with Gasteiger partial charge in [0.25, 0.3) is 5.56 Å². The second-order valence-corrected chi connectivity index (χ2v) is 9.34. The topological polar surface area (TPSA) is 93.5 Å². The summed E-state index contributed by atoms with van der Waals surface area (Å²) in [4.78, 5) is 30.8. The highest BCUT2D eigenvalue weighted by atomic mass is 35.5. The van der Waals surface area contributed by atoms with Crippen LogP contribution in [0.15, 0.2) is 59.4 Å². The van der Waals surface area contributed by atoms with E-state index in [4.69, 9.17) is 21.3 Å². The van der Waals surface area contributed by atoms with Gasteiger partial charge in [0.2, 0.25) is 0 Å². The van der Waals surface area contributed by atoms with E-state index in [-0.39, 0.29) is 18.6 Å². The zero-order valence-electron chi connectivity index (χ0n) is 19.0. The fourth-order valence-electron chi connectivity index (χ4n) is 5.10. The van der Waals surface area contributed by atoms with Crippen molar-refractivity contribution in [1.82, 2.24) is 9.55 Å². The van der Waals surface area contributed by atoms with E-state index in [0.29, 0.717) is 40.6 Å². The lowest BCUT2D eigenvalue weighted by Gasteiger charge is -2.31. The Bertz CT molecular complexity index is 1600. The van der Waals surface area contributed by atoms with E-state index in [9.17, 15) is 14.7 Å². The normalized spacial score (nSPS) is 18.1. The van der Waals surface area contributed by atoms with Gasteiger partial charge in [-0.25, -0.2) is 9.78 Å². The van der Waals surface area contributed by atoms with Crippen molar-refractivity contribution in [3.05, 3.63) is 92.2 Å². The quantitative estimate of drug-likeness (QED) is 0.366. The third-order valence-electron chi connectivity index (χ3n) is 7.01. The number of carbonyl (C=O) groups excluding carboxylic acids is 1. The van der Waals surface area contributed by atoms with Gasteiger partial charge < -0.3 is 19.7 Å². The van der Waals surface area contributed by atoms with Crippen LogP contribution in [0.25, 0.3) is 22.3 Å². The van der Waals surface area contributed by atoms with Crippen LogP contribution < -0.4 is 10.9 Å². The molecule has 0 aliphatic carbocycles. The average molecular weight is 488 g/mol. The fourth-order valence-corrected chi connectivity index (χ4v) is 5.29. The lowest BCUT2D eigenvalue weighted by atomic mass is 9.86. The molecule has 2 aromatic carbocycles. The summed E-state index contributed by atoms with van der Waals surface area (Å²) in [6.45, 7) is 2.40. The Morgan fingerprint density at radius 1 is 1.14 bits per heavy atom.